The molecular formula is C31H32N4O3. The first-order valence-electron chi connectivity index (χ1n) is 12.8. The molecule has 1 aliphatic rings. The number of aliphatic imine (C=N–C) groups is 1. The third kappa shape index (κ3) is 4.73. The third-order valence-corrected chi connectivity index (χ3v) is 7.76. The van der Waals surface area contributed by atoms with E-state index in [4.69, 9.17) is 4.99 Å². The zero-order valence-electron chi connectivity index (χ0n) is 21.9. The van der Waals surface area contributed by atoms with E-state index >= 15 is 0 Å². The molecule has 5 rings (SSSR count). The molecule has 0 atom stereocenters. The summed E-state index contributed by atoms with van der Waals surface area (Å²) in [7, 11) is 4.13. The SMILES string of the molecule is Cc1cc2c(C(=Nc3ccc(C(=O)NCC4(N(C)C)CCC4)cc3)c3ccccc3)c(O)[nH]c2cc1C=O. The van der Waals surface area contributed by atoms with Gasteiger partial charge < -0.3 is 20.3 Å². The van der Waals surface area contributed by atoms with Crippen molar-refractivity contribution in [1.29, 1.82) is 0 Å². The Bertz CT molecular complexity index is 1510. The number of H-pyrrole nitrogens is 1. The van der Waals surface area contributed by atoms with Gasteiger partial charge in [0.05, 0.1) is 17.0 Å². The maximum Gasteiger partial charge on any atom is 0.251 e. The molecule has 1 aromatic heterocycles. The van der Waals surface area contributed by atoms with Crippen molar-refractivity contribution in [1.82, 2.24) is 15.2 Å². The van der Waals surface area contributed by atoms with Crippen molar-refractivity contribution < 1.29 is 14.7 Å². The minimum atomic E-state index is -0.104. The molecule has 0 unspecified atom stereocenters. The van der Waals surface area contributed by atoms with Crippen molar-refractivity contribution in [2.75, 3.05) is 20.6 Å². The summed E-state index contributed by atoms with van der Waals surface area (Å²) in [5.41, 5.74) is 5.28. The highest BCUT2D eigenvalue weighted by Gasteiger charge is 2.39. The minimum Gasteiger partial charge on any atom is -0.494 e. The van der Waals surface area contributed by atoms with Gasteiger partial charge in [-0.3, -0.25) is 9.59 Å². The Kier molecular flexibility index (Phi) is 6.87. The third-order valence-electron chi connectivity index (χ3n) is 7.76. The van der Waals surface area contributed by atoms with E-state index in [0.717, 1.165) is 35.6 Å². The van der Waals surface area contributed by atoms with Gasteiger partial charge in [-0.1, -0.05) is 30.3 Å². The molecule has 1 saturated carbocycles. The summed E-state index contributed by atoms with van der Waals surface area (Å²) < 4.78 is 0. The first kappa shape index (κ1) is 25.4. The largest absolute Gasteiger partial charge is 0.494 e. The van der Waals surface area contributed by atoms with Crippen LogP contribution >= 0.6 is 0 Å². The Morgan fingerprint density at radius 2 is 1.79 bits per heavy atom. The Morgan fingerprint density at radius 1 is 1.08 bits per heavy atom. The second-order valence-corrected chi connectivity index (χ2v) is 10.2. The van der Waals surface area contributed by atoms with E-state index in [2.05, 4.69) is 29.3 Å². The number of rotatable bonds is 8. The fourth-order valence-corrected chi connectivity index (χ4v) is 5.11. The molecule has 1 heterocycles. The number of aromatic amines is 1. The van der Waals surface area contributed by atoms with E-state index in [9.17, 15) is 14.7 Å². The van der Waals surface area contributed by atoms with Gasteiger partial charge in [0.2, 0.25) is 0 Å². The Morgan fingerprint density at radius 3 is 2.39 bits per heavy atom. The molecule has 194 valence electrons. The lowest BCUT2D eigenvalue weighted by Crippen LogP contribution is -2.57. The maximum atomic E-state index is 12.8. The van der Waals surface area contributed by atoms with Gasteiger partial charge in [-0.05, 0) is 82.2 Å². The Hall–Kier alpha value is -4.23. The number of aromatic hydroxyl groups is 1. The topological polar surface area (TPSA) is 97.8 Å². The van der Waals surface area contributed by atoms with Crippen molar-refractivity contribution in [3.8, 4) is 5.88 Å². The van der Waals surface area contributed by atoms with Crippen LogP contribution in [-0.2, 0) is 0 Å². The van der Waals surface area contributed by atoms with Gasteiger partial charge in [0, 0.05) is 39.7 Å². The van der Waals surface area contributed by atoms with Crippen LogP contribution in [0.1, 0.15) is 56.7 Å². The molecule has 1 aliphatic carbocycles. The van der Waals surface area contributed by atoms with Crippen LogP contribution < -0.4 is 5.32 Å². The highest BCUT2D eigenvalue weighted by Crippen LogP contribution is 2.36. The molecular weight excluding hydrogens is 476 g/mol. The van der Waals surface area contributed by atoms with Gasteiger partial charge in [0.15, 0.2) is 5.88 Å². The number of nitrogens with one attached hydrogen (secondary N) is 2. The number of amides is 1. The number of benzene rings is 3. The molecule has 0 aliphatic heterocycles. The number of likely N-dealkylation sites (N-methyl/N-ethyl adjacent to an activating group) is 1. The number of carbonyl (C=O) groups excluding carboxylic acids is 2. The number of fused-ring (bicyclic) bond motifs is 1. The quantitative estimate of drug-likeness (QED) is 0.220. The second-order valence-electron chi connectivity index (χ2n) is 10.2. The molecule has 4 aromatic rings. The molecule has 1 fully saturated rings. The van der Waals surface area contributed by atoms with Crippen molar-refractivity contribution in [3.63, 3.8) is 0 Å². The number of aldehydes is 1. The van der Waals surface area contributed by atoms with Crippen molar-refractivity contribution in [2.24, 2.45) is 4.99 Å². The summed E-state index contributed by atoms with van der Waals surface area (Å²) in [6, 6.07) is 20.4. The minimum absolute atomic E-state index is 0.0214. The summed E-state index contributed by atoms with van der Waals surface area (Å²) in [5, 5.41) is 14.8. The van der Waals surface area contributed by atoms with E-state index in [1.54, 1.807) is 18.2 Å². The number of aryl methyl sites for hydroxylation is 1. The maximum absolute atomic E-state index is 12.8. The summed E-state index contributed by atoms with van der Waals surface area (Å²) in [5.74, 6) is -0.125. The first-order valence-corrected chi connectivity index (χ1v) is 12.8. The lowest BCUT2D eigenvalue weighted by molar-refractivity contribution is 0.0557. The zero-order chi connectivity index (χ0) is 26.9. The molecule has 0 radical (unpaired) electrons. The molecule has 7 nitrogen and oxygen atoms in total. The number of aromatic nitrogens is 1. The predicted octanol–water partition coefficient (Wildman–Crippen LogP) is 5.38. The van der Waals surface area contributed by atoms with Gasteiger partial charge in [0.1, 0.15) is 6.29 Å². The molecule has 0 bridgehead atoms. The normalized spacial score (nSPS) is 14.9. The van der Waals surface area contributed by atoms with E-state index in [-0.39, 0.29) is 17.3 Å². The molecule has 1 amide bonds. The van der Waals surface area contributed by atoms with E-state index in [1.165, 1.54) is 6.42 Å². The van der Waals surface area contributed by atoms with Crippen LogP contribution in [0.2, 0.25) is 0 Å². The number of hydrogen-bond donors (Lipinski definition) is 3. The summed E-state index contributed by atoms with van der Waals surface area (Å²) >= 11 is 0. The van der Waals surface area contributed by atoms with E-state index in [0.29, 0.717) is 40.2 Å². The molecule has 38 heavy (non-hydrogen) atoms. The van der Waals surface area contributed by atoms with Gasteiger partial charge in [-0.15, -0.1) is 0 Å². The van der Waals surface area contributed by atoms with Gasteiger partial charge in [-0.2, -0.15) is 0 Å². The predicted molar refractivity (Wildman–Crippen MR) is 151 cm³/mol. The lowest BCUT2D eigenvalue weighted by Gasteiger charge is -2.47. The number of carbonyl (C=O) groups is 2. The van der Waals surface area contributed by atoms with Crippen LogP contribution in [0.15, 0.2) is 71.7 Å². The van der Waals surface area contributed by atoms with Crippen molar-refractivity contribution >= 4 is 34.5 Å². The number of hydrogen-bond acceptors (Lipinski definition) is 5. The van der Waals surface area contributed by atoms with Crippen LogP contribution in [-0.4, -0.2) is 59.1 Å². The van der Waals surface area contributed by atoms with Crippen LogP contribution in [0.4, 0.5) is 5.69 Å². The monoisotopic (exact) mass is 508 g/mol. The first-order chi connectivity index (χ1) is 18.3. The highest BCUT2D eigenvalue weighted by molar-refractivity contribution is 6.22. The average Bonchev–Trinajstić information content (AvgIpc) is 3.20. The van der Waals surface area contributed by atoms with Crippen LogP contribution in [0.5, 0.6) is 5.88 Å². The number of nitrogens with zero attached hydrogens (tertiary/aromatic N) is 2. The standard InChI is InChI=1S/C31H32N4O3/c1-20-16-25-26(17-23(20)18-36)34-30(38)27(25)28(21-8-5-4-6-9-21)33-24-12-10-22(11-13-24)29(37)32-19-31(35(2)3)14-7-15-31/h4-6,8-13,16-18,34,38H,7,14-15,19H2,1-3H3,(H,32,37). The fourth-order valence-electron chi connectivity index (χ4n) is 5.11. The smallest absolute Gasteiger partial charge is 0.251 e. The van der Waals surface area contributed by atoms with Crippen LogP contribution in [0, 0.1) is 6.92 Å². The average molecular weight is 509 g/mol. The van der Waals surface area contributed by atoms with E-state index in [1.807, 2.05) is 55.5 Å². The summed E-state index contributed by atoms with van der Waals surface area (Å²) in [6.07, 6.45) is 4.18. The van der Waals surface area contributed by atoms with Crippen LogP contribution in [0.3, 0.4) is 0 Å². The van der Waals surface area contributed by atoms with E-state index < -0.39 is 0 Å². The van der Waals surface area contributed by atoms with Gasteiger partial charge >= 0.3 is 0 Å². The molecule has 3 aromatic carbocycles. The second kappa shape index (κ2) is 10.3. The lowest BCUT2D eigenvalue weighted by atomic mass is 9.75. The van der Waals surface area contributed by atoms with Gasteiger partial charge in [0.25, 0.3) is 5.91 Å². The molecule has 0 saturated heterocycles. The van der Waals surface area contributed by atoms with Crippen molar-refractivity contribution in [2.45, 2.75) is 31.7 Å². The zero-order valence-corrected chi connectivity index (χ0v) is 21.9. The summed E-state index contributed by atoms with van der Waals surface area (Å²) in [6.45, 7) is 2.49. The molecule has 3 N–H and O–H groups in total. The van der Waals surface area contributed by atoms with Crippen LogP contribution in [0.25, 0.3) is 10.9 Å². The highest BCUT2D eigenvalue weighted by atomic mass is 16.3. The summed E-state index contributed by atoms with van der Waals surface area (Å²) in [4.78, 5) is 34.4. The molecule has 0 spiro atoms. The van der Waals surface area contributed by atoms with Gasteiger partial charge in [-0.25, -0.2) is 4.99 Å². The van der Waals surface area contributed by atoms with Crippen molar-refractivity contribution in [3.05, 3.63) is 94.5 Å². The Labute approximate surface area is 222 Å². The fraction of sp³-hybridized carbons (Fsp3) is 0.258. The molecule has 7 heteroatoms. The Balaban J connectivity index is 1.48.